The first kappa shape index (κ1) is 32.9. The van der Waals surface area contributed by atoms with Gasteiger partial charge >= 0.3 is 5.97 Å². The van der Waals surface area contributed by atoms with Crippen molar-refractivity contribution in [2.75, 3.05) is 24.5 Å². The van der Waals surface area contributed by atoms with Crippen molar-refractivity contribution in [3.8, 4) is 6.07 Å². The van der Waals surface area contributed by atoms with E-state index in [1.165, 1.54) is 11.8 Å². The van der Waals surface area contributed by atoms with Crippen LogP contribution in [0, 0.1) is 18.3 Å². The van der Waals surface area contributed by atoms with Crippen LogP contribution in [0.3, 0.4) is 0 Å². The van der Waals surface area contributed by atoms with Crippen LogP contribution in [0.2, 0.25) is 0 Å². The number of aliphatic carboxylic acids is 1. The quantitative estimate of drug-likeness (QED) is 0.136. The Kier molecular flexibility index (Phi) is 13.4. The second-order valence-corrected chi connectivity index (χ2v) is 12.7. The summed E-state index contributed by atoms with van der Waals surface area (Å²) in [6.45, 7) is 6.63. The van der Waals surface area contributed by atoms with Crippen molar-refractivity contribution in [3.05, 3.63) is 31.9 Å². The fraction of sp³-hybridized carbons (Fsp3) is 0.645. The lowest BCUT2D eigenvalue weighted by molar-refractivity contribution is -0.137. The number of hydrogen-bond acceptors (Lipinski definition) is 7. The maximum Gasteiger partial charge on any atom is 0.303 e. The van der Waals surface area contributed by atoms with Crippen LogP contribution in [-0.2, 0) is 16.1 Å². The second kappa shape index (κ2) is 16.7. The number of carboxylic acid groups (broad SMARTS) is 1. The van der Waals surface area contributed by atoms with E-state index < -0.39 is 5.97 Å². The molecular weight excluding hydrogens is 556 g/mol. The number of thiocarbonyl (C=S) groups is 1. The van der Waals surface area contributed by atoms with E-state index in [0.29, 0.717) is 27.9 Å². The van der Waals surface area contributed by atoms with E-state index in [1.807, 2.05) is 19.9 Å². The molecule has 1 aromatic rings. The number of carboxylic acids is 1. The van der Waals surface area contributed by atoms with Crippen LogP contribution < -0.4 is 10.5 Å². The highest BCUT2D eigenvalue weighted by Gasteiger charge is 2.33. The van der Waals surface area contributed by atoms with E-state index in [1.54, 1.807) is 9.47 Å². The summed E-state index contributed by atoms with van der Waals surface area (Å²) in [5.74, 6) is -0.00851. The van der Waals surface area contributed by atoms with Crippen LogP contribution in [0.25, 0.3) is 6.08 Å². The normalized spacial score (nSPS) is 16.9. The van der Waals surface area contributed by atoms with E-state index in [9.17, 15) is 19.6 Å². The smallest absolute Gasteiger partial charge is 0.303 e. The molecule has 0 radical (unpaired) electrons. The topological polar surface area (TPSA) is 107 Å². The fourth-order valence-electron chi connectivity index (χ4n) is 5.63. The van der Waals surface area contributed by atoms with Crippen LogP contribution in [0.5, 0.6) is 0 Å². The van der Waals surface area contributed by atoms with Gasteiger partial charge in [0.25, 0.3) is 11.5 Å². The molecule has 0 spiro atoms. The first-order valence-corrected chi connectivity index (χ1v) is 16.4. The molecule has 41 heavy (non-hydrogen) atoms. The van der Waals surface area contributed by atoms with Crippen molar-refractivity contribution < 1.29 is 14.7 Å². The van der Waals surface area contributed by atoms with E-state index in [-0.39, 0.29) is 23.5 Å². The predicted octanol–water partition coefficient (Wildman–Crippen LogP) is 6.62. The molecule has 10 heteroatoms. The third-order valence-corrected chi connectivity index (χ3v) is 9.25. The van der Waals surface area contributed by atoms with Gasteiger partial charge in [-0.2, -0.15) is 5.26 Å². The summed E-state index contributed by atoms with van der Waals surface area (Å²) in [4.78, 5) is 41.9. The first-order valence-electron chi connectivity index (χ1n) is 15.2. The molecule has 0 unspecified atom stereocenters. The number of anilines is 1. The molecule has 1 amide bonds. The molecule has 2 aliphatic heterocycles. The van der Waals surface area contributed by atoms with E-state index in [4.69, 9.17) is 17.3 Å². The Balaban J connectivity index is 1.73. The lowest BCUT2D eigenvalue weighted by Gasteiger charge is -2.29. The Hall–Kier alpha value is -2.64. The van der Waals surface area contributed by atoms with Gasteiger partial charge in [0.1, 0.15) is 21.8 Å². The largest absolute Gasteiger partial charge is 0.481 e. The highest BCUT2D eigenvalue weighted by molar-refractivity contribution is 8.26. The lowest BCUT2D eigenvalue weighted by atomic mass is 10.0. The van der Waals surface area contributed by atoms with Gasteiger partial charge in [-0.25, -0.2) is 0 Å². The number of carbonyl (C=O) groups is 2. The van der Waals surface area contributed by atoms with Gasteiger partial charge in [-0.15, -0.1) is 0 Å². The molecule has 3 rings (SSSR count). The number of aromatic nitrogens is 1. The number of nitriles is 1. The number of pyridine rings is 1. The Morgan fingerprint density at radius 1 is 1.00 bits per heavy atom. The van der Waals surface area contributed by atoms with E-state index in [2.05, 4.69) is 11.0 Å². The number of nitrogens with zero attached hydrogens (tertiary/aromatic N) is 4. The van der Waals surface area contributed by atoms with Gasteiger partial charge in [0.15, 0.2) is 0 Å². The Labute approximate surface area is 253 Å². The minimum atomic E-state index is -0.726. The number of carbonyl (C=O) groups excluding carboxylic acids is 1. The molecule has 0 aromatic carbocycles. The van der Waals surface area contributed by atoms with Gasteiger partial charge in [-0.05, 0) is 50.7 Å². The van der Waals surface area contributed by atoms with Crippen molar-refractivity contribution in [1.82, 2.24) is 9.47 Å². The van der Waals surface area contributed by atoms with Gasteiger partial charge in [0.05, 0.1) is 4.91 Å². The van der Waals surface area contributed by atoms with Crippen LogP contribution in [-0.4, -0.2) is 50.4 Å². The fourth-order valence-corrected chi connectivity index (χ4v) is 6.92. The molecule has 0 bridgehead atoms. The number of hydrogen-bond donors (Lipinski definition) is 1. The summed E-state index contributed by atoms with van der Waals surface area (Å²) >= 11 is 6.90. The second-order valence-electron chi connectivity index (χ2n) is 11.0. The summed E-state index contributed by atoms with van der Waals surface area (Å²) in [7, 11) is 0. The first-order chi connectivity index (χ1) is 19.8. The van der Waals surface area contributed by atoms with Crippen LogP contribution in [0.4, 0.5) is 5.82 Å². The molecule has 8 nitrogen and oxygen atoms in total. The minimum absolute atomic E-state index is 0.105. The third kappa shape index (κ3) is 8.92. The number of thioether (sulfide) groups is 1. The summed E-state index contributed by atoms with van der Waals surface area (Å²) in [5, 5.41) is 18.6. The zero-order chi connectivity index (χ0) is 29.8. The molecule has 2 aliphatic rings. The average Bonchev–Trinajstić information content (AvgIpc) is 3.10. The number of amides is 1. The van der Waals surface area contributed by atoms with Crippen molar-refractivity contribution >= 4 is 52.1 Å². The van der Waals surface area contributed by atoms with Gasteiger partial charge < -0.3 is 10.0 Å². The average molecular weight is 601 g/mol. The Morgan fingerprint density at radius 3 is 2.20 bits per heavy atom. The zero-order valence-electron chi connectivity index (χ0n) is 24.6. The van der Waals surface area contributed by atoms with E-state index >= 15 is 0 Å². The molecule has 2 fully saturated rings. The summed E-state index contributed by atoms with van der Waals surface area (Å²) < 4.78 is 2.30. The summed E-state index contributed by atoms with van der Waals surface area (Å²) in [6.07, 6.45) is 15.2. The third-order valence-electron chi connectivity index (χ3n) is 7.87. The standard InChI is InChI=1S/C31H44N4O4S2/c1-3-17-34-28(33-18-13-10-11-14-19-33)24(23(2)25(22-32)29(34)38)21-26-30(39)35(31(40)41-26)20-15-9-7-5-4-6-8-12-16-27(36)37/h21H,3-20H2,1-2H3,(H,36,37)/b26-21+. The van der Waals surface area contributed by atoms with Gasteiger partial charge in [-0.1, -0.05) is 82.3 Å². The van der Waals surface area contributed by atoms with Crippen LogP contribution in [0.15, 0.2) is 9.70 Å². The van der Waals surface area contributed by atoms with Gasteiger partial charge in [-0.3, -0.25) is 23.9 Å². The van der Waals surface area contributed by atoms with Gasteiger partial charge in [0, 0.05) is 38.2 Å². The molecule has 1 aromatic heterocycles. The van der Waals surface area contributed by atoms with Crippen molar-refractivity contribution in [3.63, 3.8) is 0 Å². The van der Waals surface area contributed by atoms with Crippen molar-refractivity contribution in [2.24, 2.45) is 0 Å². The van der Waals surface area contributed by atoms with Crippen molar-refractivity contribution in [2.45, 2.75) is 110 Å². The molecule has 1 N–H and O–H groups in total. The molecule has 0 saturated carbocycles. The molecule has 0 aliphatic carbocycles. The molecule has 3 heterocycles. The summed E-state index contributed by atoms with van der Waals surface area (Å²) in [6, 6.07) is 2.13. The van der Waals surface area contributed by atoms with Crippen molar-refractivity contribution in [1.29, 1.82) is 5.26 Å². The van der Waals surface area contributed by atoms with Crippen LogP contribution in [0.1, 0.15) is 114 Å². The van der Waals surface area contributed by atoms with Crippen LogP contribution >= 0.6 is 24.0 Å². The molecule has 224 valence electrons. The maximum atomic E-state index is 13.5. The zero-order valence-corrected chi connectivity index (χ0v) is 26.2. The molecule has 2 saturated heterocycles. The minimum Gasteiger partial charge on any atom is -0.481 e. The summed E-state index contributed by atoms with van der Waals surface area (Å²) in [5.41, 5.74) is 1.29. The number of rotatable bonds is 15. The van der Waals surface area contributed by atoms with E-state index in [0.717, 1.165) is 108 Å². The molecular formula is C31H44N4O4S2. The maximum absolute atomic E-state index is 13.5. The predicted molar refractivity (Wildman–Crippen MR) is 170 cm³/mol. The lowest BCUT2D eigenvalue weighted by Crippen LogP contribution is -2.35. The molecule has 0 atom stereocenters. The Bertz CT molecular complexity index is 1230. The highest BCUT2D eigenvalue weighted by atomic mass is 32.2. The SMILES string of the molecule is CCCn1c(N2CCCCCC2)c(/C=C2/SC(=S)N(CCCCCCCCCCC(=O)O)C2=O)c(C)c(C#N)c1=O. The number of unbranched alkanes of at least 4 members (excludes halogenated alkanes) is 7. The monoisotopic (exact) mass is 600 g/mol. The highest BCUT2D eigenvalue weighted by Crippen LogP contribution is 2.36. The van der Waals surface area contributed by atoms with Gasteiger partial charge in [0.2, 0.25) is 0 Å². The Morgan fingerprint density at radius 2 is 1.61 bits per heavy atom.